The molecule has 0 unspecified atom stereocenters. The van der Waals surface area contributed by atoms with Crippen LogP contribution in [0.15, 0.2) is 53.5 Å². The minimum Gasteiger partial charge on any atom is -0.497 e. The summed E-state index contributed by atoms with van der Waals surface area (Å²) in [4.78, 5) is 0.295. The number of benzene rings is 1. The molecule has 5 heteroatoms. The molecule has 0 bridgehead atoms. The molecule has 0 amide bonds. The summed E-state index contributed by atoms with van der Waals surface area (Å²) in [7, 11) is -1.87. The second-order valence-corrected chi connectivity index (χ2v) is 6.21. The quantitative estimate of drug-likeness (QED) is 0.849. The van der Waals surface area contributed by atoms with Crippen LogP contribution in [-0.2, 0) is 10.0 Å². The highest BCUT2D eigenvalue weighted by atomic mass is 32.2. The van der Waals surface area contributed by atoms with Gasteiger partial charge in [-0.05, 0) is 36.3 Å². The molecule has 2 rings (SSSR count). The van der Waals surface area contributed by atoms with Crippen molar-refractivity contribution in [3.05, 3.63) is 48.6 Å². The number of rotatable bonds is 4. The lowest BCUT2D eigenvalue weighted by molar-refractivity contribution is 0.414. The van der Waals surface area contributed by atoms with Gasteiger partial charge >= 0.3 is 0 Å². The summed E-state index contributed by atoms with van der Waals surface area (Å²) in [5.74, 6) is 0.645. The highest BCUT2D eigenvalue weighted by Crippen LogP contribution is 2.22. The third-order valence-corrected chi connectivity index (χ3v) is 5.05. The molecule has 102 valence electrons. The Kier molecular flexibility index (Phi) is 4.07. The first-order chi connectivity index (χ1) is 9.07. The molecule has 1 heterocycles. The van der Waals surface area contributed by atoms with Gasteiger partial charge < -0.3 is 4.74 Å². The zero-order valence-electron chi connectivity index (χ0n) is 10.9. The Morgan fingerprint density at radius 1 is 1.32 bits per heavy atom. The second-order valence-electron chi connectivity index (χ2n) is 4.27. The lowest BCUT2D eigenvalue weighted by Gasteiger charge is -2.24. The minimum absolute atomic E-state index is 0.295. The summed E-state index contributed by atoms with van der Waals surface area (Å²) < 4.78 is 31.3. The van der Waals surface area contributed by atoms with Crippen molar-refractivity contribution in [3.8, 4) is 5.75 Å². The standard InChI is InChI=1S/C14H17NO3S/c1-3-12-8-10-15(11-9-12)19(16,17)14-6-4-13(18-2)5-7-14/h3-8H,1,9-11H2,2H3. The van der Waals surface area contributed by atoms with Gasteiger partial charge in [-0.2, -0.15) is 4.31 Å². The molecule has 4 nitrogen and oxygen atoms in total. The Hall–Kier alpha value is -1.59. The van der Waals surface area contributed by atoms with Crippen LogP contribution in [0.4, 0.5) is 0 Å². The predicted octanol–water partition coefficient (Wildman–Crippen LogP) is 2.20. The average Bonchev–Trinajstić information content (AvgIpc) is 2.47. The molecule has 0 atom stereocenters. The fraction of sp³-hybridized carbons (Fsp3) is 0.286. The van der Waals surface area contributed by atoms with Gasteiger partial charge in [0, 0.05) is 13.1 Å². The van der Waals surface area contributed by atoms with E-state index in [1.807, 2.05) is 6.08 Å². The van der Waals surface area contributed by atoms with Gasteiger partial charge in [0.15, 0.2) is 0 Å². The number of hydrogen-bond donors (Lipinski definition) is 0. The lowest BCUT2D eigenvalue weighted by Crippen LogP contribution is -2.34. The van der Waals surface area contributed by atoms with Crippen molar-refractivity contribution < 1.29 is 13.2 Å². The van der Waals surface area contributed by atoms with E-state index < -0.39 is 10.0 Å². The Labute approximate surface area is 114 Å². The van der Waals surface area contributed by atoms with Crippen LogP contribution in [0.3, 0.4) is 0 Å². The smallest absolute Gasteiger partial charge is 0.243 e. The van der Waals surface area contributed by atoms with Crippen molar-refractivity contribution in [2.24, 2.45) is 0 Å². The maximum absolute atomic E-state index is 12.4. The normalized spacial score (nSPS) is 16.8. The second kappa shape index (κ2) is 5.59. The highest BCUT2D eigenvalue weighted by Gasteiger charge is 2.25. The molecule has 1 aliphatic rings. The van der Waals surface area contributed by atoms with Crippen LogP contribution in [0.1, 0.15) is 6.42 Å². The van der Waals surface area contributed by atoms with E-state index in [1.165, 1.54) is 4.31 Å². The SMILES string of the molecule is C=CC1=CCN(S(=O)(=O)c2ccc(OC)cc2)CC1. The highest BCUT2D eigenvalue weighted by molar-refractivity contribution is 7.89. The third-order valence-electron chi connectivity index (χ3n) is 3.17. The number of methoxy groups -OCH3 is 1. The van der Waals surface area contributed by atoms with E-state index in [0.29, 0.717) is 30.2 Å². The van der Waals surface area contributed by atoms with Crippen molar-refractivity contribution >= 4 is 10.0 Å². The van der Waals surface area contributed by atoms with Crippen LogP contribution in [0, 0.1) is 0 Å². The maximum atomic E-state index is 12.4. The topological polar surface area (TPSA) is 46.6 Å². The van der Waals surface area contributed by atoms with Gasteiger partial charge in [-0.1, -0.05) is 18.7 Å². The fourth-order valence-corrected chi connectivity index (χ4v) is 3.35. The molecule has 0 radical (unpaired) electrons. The largest absolute Gasteiger partial charge is 0.497 e. The van der Waals surface area contributed by atoms with E-state index in [9.17, 15) is 8.42 Å². The molecule has 1 aliphatic heterocycles. The zero-order valence-corrected chi connectivity index (χ0v) is 11.7. The van der Waals surface area contributed by atoms with Crippen LogP contribution >= 0.6 is 0 Å². The van der Waals surface area contributed by atoms with E-state index in [0.717, 1.165) is 5.57 Å². The lowest BCUT2D eigenvalue weighted by atomic mass is 10.1. The molecular formula is C14H17NO3S. The number of ether oxygens (including phenoxy) is 1. The van der Waals surface area contributed by atoms with Crippen LogP contribution in [0.25, 0.3) is 0 Å². The summed E-state index contributed by atoms with van der Waals surface area (Å²) in [6, 6.07) is 6.45. The van der Waals surface area contributed by atoms with Gasteiger partial charge in [0.25, 0.3) is 0 Å². The van der Waals surface area contributed by atoms with E-state index >= 15 is 0 Å². The first kappa shape index (κ1) is 13.8. The Morgan fingerprint density at radius 2 is 2.00 bits per heavy atom. The van der Waals surface area contributed by atoms with Crippen molar-refractivity contribution in [1.82, 2.24) is 4.31 Å². The monoisotopic (exact) mass is 279 g/mol. The minimum atomic E-state index is -3.42. The molecule has 0 aliphatic carbocycles. The first-order valence-corrected chi connectivity index (χ1v) is 7.47. The van der Waals surface area contributed by atoms with E-state index in [1.54, 1.807) is 37.5 Å². The number of sulfonamides is 1. The maximum Gasteiger partial charge on any atom is 0.243 e. The summed E-state index contributed by atoms with van der Waals surface area (Å²) in [6.45, 7) is 4.59. The van der Waals surface area contributed by atoms with Gasteiger partial charge in [-0.25, -0.2) is 8.42 Å². The predicted molar refractivity (Wildman–Crippen MR) is 74.6 cm³/mol. The number of hydrogen-bond acceptors (Lipinski definition) is 3. The molecule has 19 heavy (non-hydrogen) atoms. The summed E-state index contributed by atoms with van der Waals surface area (Å²) in [5.41, 5.74) is 1.10. The van der Waals surface area contributed by atoms with Crippen LogP contribution in [0.5, 0.6) is 5.75 Å². The molecule has 0 spiro atoms. The first-order valence-electron chi connectivity index (χ1n) is 6.03. The van der Waals surface area contributed by atoms with Gasteiger partial charge in [-0.15, -0.1) is 0 Å². The van der Waals surface area contributed by atoms with Crippen LogP contribution in [0.2, 0.25) is 0 Å². The van der Waals surface area contributed by atoms with Gasteiger partial charge in [0.2, 0.25) is 10.0 Å². The molecule has 0 aromatic heterocycles. The van der Waals surface area contributed by atoms with Crippen molar-refractivity contribution in [3.63, 3.8) is 0 Å². The van der Waals surface area contributed by atoms with Crippen molar-refractivity contribution in [2.75, 3.05) is 20.2 Å². The van der Waals surface area contributed by atoms with E-state index in [-0.39, 0.29) is 0 Å². The molecule has 0 saturated carbocycles. The molecule has 0 fully saturated rings. The summed E-state index contributed by atoms with van der Waals surface area (Å²) >= 11 is 0. The van der Waals surface area contributed by atoms with E-state index in [2.05, 4.69) is 6.58 Å². The van der Waals surface area contributed by atoms with Crippen LogP contribution in [-0.4, -0.2) is 32.9 Å². The van der Waals surface area contributed by atoms with Gasteiger partial charge in [0.1, 0.15) is 5.75 Å². The molecular weight excluding hydrogens is 262 g/mol. The van der Waals surface area contributed by atoms with Crippen LogP contribution < -0.4 is 4.74 Å². The van der Waals surface area contributed by atoms with Crippen molar-refractivity contribution in [1.29, 1.82) is 0 Å². The Balaban J connectivity index is 2.22. The zero-order chi connectivity index (χ0) is 13.9. The Morgan fingerprint density at radius 3 is 2.47 bits per heavy atom. The molecule has 0 saturated heterocycles. The van der Waals surface area contributed by atoms with Gasteiger partial charge in [0.05, 0.1) is 12.0 Å². The molecule has 1 aromatic carbocycles. The molecule has 0 N–H and O–H groups in total. The summed E-state index contributed by atoms with van der Waals surface area (Å²) in [5, 5.41) is 0. The fourth-order valence-electron chi connectivity index (χ4n) is 1.97. The molecule has 1 aromatic rings. The summed E-state index contributed by atoms with van der Waals surface area (Å²) in [6.07, 6.45) is 4.38. The average molecular weight is 279 g/mol. The number of allylic oxidation sites excluding steroid dienone is 1. The van der Waals surface area contributed by atoms with E-state index in [4.69, 9.17) is 4.74 Å². The Bertz CT molecular complexity index is 588. The van der Waals surface area contributed by atoms with Crippen molar-refractivity contribution in [2.45, 2.75) is 11.3 Å². The third kappa shape index (κ3) is 2.88. The van der Waals surface area contributed by atoms with Gasteiger partial charge in [-0.3, -0.25) is 0 Å². The number of nitrogens with zero attached hydrogens (tertiary/aromatic N) is 1.